The number of anilines is 2. The maximum Gasteiger partial charge on any atom is 0.181 e. The lowest BCUT2D eigenvalue weighted by atomic mass is 9.93. The third kappa shape index (κ3) is 9.51. The first-order valence-electron chi connectivity index (χ1n) is 16.9. The fourth-order valence-corrected chi connectivity index (χ4v) is 10.5. The van der Waals surface area contributed by atoms with Crippen molar-refractivity contribution in [3.05, 3.63) is 105 Å². The number of fused-ring (bicyclic) bond motifs is 1. The van der Waals surface area contributed by atoms with Gasteiger partial charge < -0.3 is 9.64 Å². The van der Waals surface area contributed by atoms with Crippen molar-refractivity contribution in [2.24, 2.45) is 0 Å². The highest BCUT2D eigenvalue weighted by Crippen LogP contribution is 2.49. The van der Waals surface area contributed by atoms with E-state index in [9.17, 15) is 4.39 Å². The van der Waals surface area contributed by atoms with Gasteiger partial charge in [-0.15, -0.1) is 29.8 Å². The van der Waals surface area contributed by atoms with Crippen molar-refractivity contribution in [2.75, 3.05) is 42.3 Å². The molecule has 0 aromatic heterocycles. The molecule has 5 nitrogen and oxygen atoms in total. The summed E-state index contributed by atoms with van der Waals surface area (Å²) in [5, 5.41) is 20.9. The fraction of sp³-hybridized carbons (Fsp3) is 0.350. The molecule has 2 aliphatic rings. The maximum atomic E-state index is 14.1. The summed E-state index contributed by atoms with van der Waals surface area (Å²) < 4.78 is 20.0. The Morgan fingerprint density at radius 1 is 1.10 bits per heavy atom. The van der Waals surface area contributed by atoms with Crippen LogP contribution in [0.5, 0.6) is 5.75 Å². The topological polar surface area (TPSA) is 72.1 Å². The number of hydrogen-bond acceptors (Lipinski definition) is 6. The molecule has 4 aromatic rings. The van der Waals surface area contributed by atoms with E-state index >= 15 is 0 Å². The monoisotopic (exact) mass is 744 g/mol. The van der Waals surface area contributed by atoms with Crippen molar-refractivity contribution in [3.63, 3.8) is 0 Å². The van der Waals surface area contributed by atoms with E-state index in [1.54, 1.807) is 36.8 Å². The summed E-state index contributed by atoms with van der Waals surface area (Å²) in [4.78, 5) is 3.03. The molecule has 6 rings (SSSR count). The van der Waals surface area contributed by atoms with Gasteiger partial charge in [0.1, 0.15) is 18.0 Å². The zero-order valence-electron chi connectivity index (χ0n) is 28.9. The van der Waals surface area contributed by atoms with Gasteiger partial charge >= 0.3 is 0 Å². The summed E-state index contributed by atoms with van der Waals surface area (Å²) in [6.45, 7) is 5.33. The van der Waals surface area contributed by atoms with Crippen molar-refractivity contribution in [2.45, 2.75) is 62.9 Å². The maximum absolute atomic E-state index is 14.1. The van der Waals surface area contributed by atoms with E-state index in [-0.39, 0.29) is 14.5 Å². The molecular formula is C40H44ClFN4OP2S. The zero-order chi connectivity index (χ0) is 35.8. The highest BCUT2D eigenvalue weighted by Gasteiger charge is 2.34. The quantitative estimate of drug-likeness (QED) is 0.0732. The molecule has 3 unspecified atom stereocenters. The number of nitrogens with zero attached hydrogens (tertiary/aromatic N) is 3. The van der Waals surface area contributed by atoms with Gasteiger partial charge in [0.15, 0.2) is 6.19 Å². The first-order valence-corrected chi connectivity index (χ1v) is 20.4. The van der Waals surface area contributed by atoms with E-state index in [4.69, 9.17) is 26.9 Å². The number of nitrogens with one attached hydrogen (secondary N) is 1. The number of ether oxygens (including phenoxy) is 1. The van der Waals surface area contributed by atoms with Gasteiger partial charge in [-0.2, -0.15) is 10.5 Å². The normalized spacial score (nSPS) is 17.6. The molecule has 0 spiro atoms. The van der Waals surface area contributed by atoms with Gasteiger partial charge in [0.05, 0.1) is 16.7 Å². The molecule has 0 saturated carbocycles. The second-order valence-electron chi connectivity index (χ2n) is 13.3. The average molecular weight is 745 g/mol. The fourth-order valence-electron chi connectivity index (χ4n) is 6.83. The van der Waals surface area contributed by atoms with Gasteiger partial charge in [-0.1, -0.05) is 41.9 Å². The molecule has 50 heavy (non-hydrogen) atoms. The molecular weight excluding hydrogens is 701 g/mol. The first kappa shape index (κ1) is 37.9. The standard InChI is InChI=1S/C24H31FNP.C16H13ClN3OPS/c1-18-20(22-11-5-8-19-7-4-10-21(19)22)9-6-12-23(18)26(3)14-16-27-15-13-24(2,25)17-27;17-14-4-12(8-22)15(5-16(14)23)21-7-11-1-10(6-18)2-13(3-11)20-9-19/h5-6,8-9,11-12H,4,7,10,13-17H2,1-3H3;1-5,20,23H,7-8,22H2. The third-order valence-electron chi connectivity index (χ3n) is 9.47. The zero-order valence-corrected chi connectivity index (χ0v) is 32.6. The molecule has 1 N–H and O–H groups in total. The number of thiol groups is 1. The van der Waals surface area contributed by atoms with Crippen molar-refractivity contribution < 1.29 is 9.13 Å². The molecule has 10 heteroatoms. The van der Waals surface area contributed by atoms with Crippen LogP contribution in [-0.2, 0) is 25.6 Å². The predicted molar refractivity (Wildman–Crippen MR) is 214 cm³/mol. The van der Waals surface area contributed by atoms with Gasteiger partial charge in [-0.25, -0.2) is 4.39 Å². The average Bonchev–Trinajstić information content (AvgIpc) is 3.73. The van der Waals surface area contributed by atoms with Crippen LogP contribution in [0.4, 0.5) is 15.8 Å². The molecule has 1 aliphatic heterocycles. The van der Waals surface area contributed by atoms with E-state index in [0.29, 0.717) is 33.1 Å². The lowest BCUT2D eigenvalue weighted by molar-refractivity contribution is 0.227. The van der Waals surface area contributed by atoms with E-state index in [2.05, 4.69) is 88.5 Å². The number of aryl methyl sites for hydroxylation is 1. The molecule has 1 saturated heterocycles. The van der Waals surface area contributed by atoms with Crippen molar-refractivity contribution in [3.8, 4) is 29.1 Å². The first-order chi connectivity index (χ1) is 24.0. The predicted octanol–water partition coefficient (Wildman–Crippen LogP) is 10.5. The molecule has 1 heterocycles. The van der Waals surface area contributed by atoms with Crippen molar-refractivity contribution in [1.29, 1.82) is 10.5 Å². The summed E-state index contributed by atoms with van der Waals surface area (Å²) in [6.07, 6.45) is 10.1. The molecule has 0 amide bonds. The Bertz CT molecular complexity index is 1920. The van der Waals surface area contributed by atoms with E-state index in [0.717, 1.165) is 42.6 Å². The minimum Gasteiger partial charge on any atom is -0.489 e. The SMILES string of the molecule is Cc1c(-c2cccc3c2CCC3)cccc1N(C)CCP1CCC(C)(F)C1.N#CNc1cc(C#N)cc(COc2cc(S)c(Cl)cc2CP)c1. The Morgan fingerprint density at radius 2 is 1.88 bits per heavy atom. The molecule has 1 aliphatic carbocycles. The second kappa shape index (κ2) is 17.3. The number of halogens is 2. The summed E-state index contributed by atoms with van der Waals surface area (Å²) >= 11 is 10.4. The van der Waals surface area contributed by atoms with Crippen LogP contribution in [-0.4, -0.2) is 37.7 Å². The van der Waals surface area contributed by atoms with Gasteiger partial charge in [0.25, 0.3) is 0 Å². The van der Waals surface area contributed by atoms with Crippen molar-refractivity contribution >= 4 is 52.8 Å². The number of rotatable bonds is 10. The van der Waals surface area contributed by atoms with Crippen LogP contribution in [0, 0.1) is 29.7 Å². The number of hydrogen-bond donors (Lipinski definition) is 2. The highest BCUT2D eigenvalue weighted by molar-refractivity contribution is 7.80. The van der Waals surface area contributed by atoms with E-state index in [1.165, 1.54) is 47.2 Å². The molecule has 1 fully saturated rings. The molecule has 0 bridgehead atoms. The van der Waals surface area contributed by atoms with Crippen LogP contribution in [0.15, 0.2) is 71.6 Å². The van der Waals surface area contributed by atoms with Gasteiger partial charge in [-0.05, 0) is 133 Å². The molecule has 260 valence electrons. The molecule has 0 radical (unpaired) electrons. The molecule has 3 atom stereocenters. The van der Waals surface area contributed by atoms with Gasteiger partial charge in [0.2, 0.25) is 0 Å². The van der Waals surface area contributed by atoms with Crippen LogP contribution < -0.4 is 15.0 Å². The van der Waals surface area contributed by atoms with Crippen LogP contribution in [0.2, 0.25) is 5.02 Å². The summed E-state index contributed by atoms with van der Waals surface area (Å²) in [5.74, 6) is 0.687. The Labute approximate surface area is 310 Å². The molecule has 4 aromatic carbocycles. The minimum absolute atomic E-state index is 0.138. The van der Waals surface area contributed by atoms with Crippen molar-refractivity contribution in [1.82, 2.24) is 0 Å². The van der Waals surface area contributed by atoms with E-state index < -0.39 is 5.67 Å². The largest absolute Gasteiger partial charge is 0.489 e. The van der Waals surface area contributed by atoms with Gasteiger partial charge in [-0.3, -0.25) is 5.32 Å². The Morgan fingerprint density at radius 3 is 2.60 bits per heavy atom. The number of benzene rings is 4. The Hall–Kier alpha value is -3.31. The number of nitriles is 2. The van der Waals surface area contributed by atoms with Crippen LogP contribution in [0.25, 0.3) is 11.1 Å². The smallest absolute Gasteiger partial charge is 0.181 e. The van der Waals surface area contributed by atoms with E-state index in [1.807, 2.05) is 12.3 Å². The summed E-state index contributed by atoms with van der Waals surface area (Å²) in [5.41, 5.74) is 10.4. The highest BCUT2D eigenvalue weighted by atomic mass is 35.5. The lowest BCUT2D eigenvalue weighted by Gasteiger charge is -2.25. The Kier molecular flexibility index (Phi) is 13.1. The lowest BCUT2D eigenvalue weighted by Crippen LogP contribution is -2.22. The minimum atomic E-state index is -0.909. The number of alkyl halides is 1. The summed E-state index contributed by atoms with van der Waals surface area (Å²) in [7, 11) is 4.69. The van der Waals surface area contributed by atoms with Crippen LogP contribution >= 0.6 is 41.4 Å². The second-order valence-corrected chi connectivity index (χ2v) is 17.1. The van der Waals surface area contributed by atoms with Crippen LogP contribution in [0.3, 0.4) is 0 Å². The Balaban J connectivity index is 0.000000197. The van der Waals surface area contributed by atoms with Crippen LogP contribution in [0.1, 0.15) is 53.1 Å². The van der Waals surface area contributed by atoms with Gasteiger partial charge in [0, 0.05) is 36.0 Å². The third-order valence-corrected chi connectivity index (χ3v) is 13.5. The summed E-state index contributed by atoms with van der Waals surface area (Å²) in [6, 6.07) is 24.3.